The normalized spacial score (nSPS) is 9.77. The average Bonchev–Trinajstić information content (AvgIpc) is 2.08. The Balaban J connectivity index is 2.93. The zero-order valence-corrected chi connectivity index (χ0v) is 8.13. The molecule has 3 heteroatoms. The van der Waals surface area contributed by atoms with Crippen LogP contribution in [0.2, 0.25) is 0 Å². The minimum atomic E-state index is 0.383. The van der Waals surface area contributed by atoms with Gasteiger partial charge in [-0.1, -0.05) is 0 Å². The van der Waals surface area contributed by atoms with Crippen molar-refractivity contribution in [2.24, 2.45) is 0 Å². The fourth-order valence-corrected chi connectivity index (χ4v) is 1.09. The van der Waals surface area contributed by atoms with Crippen LogP contribution in [-0.2, 0) is 0 Å². The van der Waals surface area contributed by atoms with Crippen molar-refractivity contribution in [1.82, 2.24) is 4.98 Å². The molecular weight excluding hydrogens is 162 g/mol. The molecule has 13 heavy (non-hydrogen) atoms. The van der Waals surface area contributed by atoms with Gasteiger partial charge in [0.15, 0.2) is 0 Å². The molecule has 0 aliphatic heterocycles. The summed E-state index contributed by atoms with van der Waals surface area (Å²) in [5.41, 5.74) is 2.33. The Morgan fingerprint density at radius 1 is 1.46 bits per heavy atom. The van der Waals surface area contributed by atoms with Gasteiger partial charge in [-0.2, -0.15) is 5.26 Å². The van der Waals surface area contributed by atoms with Gasteiger partial charge in [0.25, 0.3) is 0 Å². The van der Waals surface area contributed by atoms with Crippen LogP contribution in [0.3, 0.4) is 0 Å². The van der Waals surface area contributed by atoms with E-state index in [0.29, 0.717) is 11.7 Å². The van der Waals surface area contributed by atoms with Crippen LogP contribution < -0.4 is 5.32 Å². The smallest absolute Gasteiger partial charge is 0.140 e. The zero-order valence-electron chi connectivity index (χ0n) is 8.13. The second-order valence-electron chi connectivity index (χ2n) is 3.24. The quantitative estimate of drug-likeness (QED) is 0.748. The number of rotatable bonds is 2. The highest BCUT2D eigenvalue weighted by molar-refractivity contribution is 5.49. The van der Waals surface area contributed by atoms with Crippen molar-refractivity contribution in [2.75, 3.05) is 5.32 Å². The van der Waals surface area contributed by atoms with E-state index in [0.717, 1.165) is 11.4 Å². The summed E-state index contributed by atoms with van der Waals surface area (Å²) in [5.74, 6) is 0. The molecule has 3 nitrogen and oxygen atoms in total. The molecule has 0 saturated heterocycles. The van der Waals surface area contributed by atoms with Gasteiger partial charge in [-0.05, 0) is 32.9 Å². The maximum Gasteiger partial charge on any atom is 0.140 e. The lowest BCUT2D eigenvalue weighted by molar-refractivity contribution is 0.893. The molecule has 0 aliphatic rings. The van der Waals surface area contributed by atoms with Crippen molar-refractivity contribution in [3.8, 4) is 6.07 Å². The van der Waals surface area contributed by atoms with E-state index in [9.17, 15) is 0 Å². The van der Waals surface area contributed by atoms with Crippen LogP contribution in [0.5, 0.6) is 0 Å². The summed E-state index contributed by atoms with van der Waals surface area (Å²) in [7, 11) is 0. The van der Waals surface area contributed by atoms with Gasteiger partial charge in [-0.25, -0.2) is 4.98 Å². The van der Waals surface area contributed by atoms with E-state index in [2.05, 4.69) is 24.1 Å². The Morgan fingerprint density at radius 3 is 2.62 bits per heavy atom. The molecule has 0 saturated carbocycles. The summed E-state index contributed by atoms with van der Waals surface area (Å²) in [5, 5.41) is 11.9. The second kappa shape index (κ2) is 3.90. The van der Waals surface area contributed by atoms with Gasteiger partial charge in [0.2, 0.25) is 0 Å². The molecule has 0 fully saturated rings. The summed E-state index contributed by atoms with van der Waals surface area (Å²) in [6, 6.07) is 6.00. The number of hydrogen-bond donors (Lipinski definition) is 1. The molecule has 0 aliphatic carbocycles. The monoisotopic (exact) mass is 175 g/mol. The van der Waals surface area contributed by atoms with E-state index in [4.69, 9.17) is 5.26 Å². The fourth-order valence-electron chi connectivity index (χ4n) is 1.09. The second-order valence-corrected chi connectivity index (χ2v) is 3.24. The Hall–Kier alpha value is -1.56. The molecule has 1 aromatic heterocycles. The van der Waals surface area contributed by atoms with Crippen molar-refractivity contribution in [3.63, 3.8) is 0 Å². The number of hydrogen-bond acceptors (Lipinski definition) is 3. The van der Waals surface area contributed by atoms with Crippen LogP contribution >= 0.6 is 0 Å². The maximum atomic E-state index is 8.60. The predicted octanol–water partition coefficient (Wildman–Crippen LogP) is 2.08. The number of aryl methyl sites for hydroxylation is 1. The number of pyridine rings is 1. The van der Waals surface area contributed by atoms with Gasteiger partial charge in [0.1, 0.15) is 11.8 Å². The topological polar surface area (TPSA) is 48.7 Å². The Labute approximate surface area is 78.4 Å². The zero-order chi connectivity index (χ0) is 9.84. The molecule has 0 atom stereocenters. The van der Waals surface area contributed by atoms with Crippen molar-refractivity contribution < 1.29 is 0 Å². The number of nitrogens with zero attached hydrogens (tertiary/aromatic N) is 2. The Kier molecular flexibility index (Phi) is 2.86. The van der Waals surface area contributed by atoms with Crippen LogP contribution in [0.1, 0.15) is 25.2 Å². The Morgan fingerprint density at radius 2 is 2.15 bits per heavy atom. The van der Waals surface area contributed by atoms with Gasteiger partial charge in [0.05, 0.1) is 11.4 Å². The molecule has 1 rings (SSSR count). The third kappa shape index (κ3) is 2.45. The van der Waals surface area contributed by atoms with Gasteiger partial charge >= 0.3 is 0 Å². The van der Waals surface area contributed by atoms with Crippen LogP contribution in [-0.4, -0.2) is 11.0 Å². The highest BCUT2D eigenvalue weighted by Gasteiger charge is 2.01. The van der Waals surface area contributed by atoms with Crippen LogP contribution in [0, 0.1) is 18.3 Å². The van der Waals surface area contributed by atoms with Gasteiger partial charge in [0, 0.05) is 6.04 Å². The number of aromatic nitrogens is 1. The Bertz CT molecular complexity index is 337. The molecule has 0 amide bonds. The highest BCUT2D eigenvalue weighted by Crippen LogP contribution is 2.13. The summed E-state index contributed by atoms with van der Waals surface area (Å²) in [6.07, 6.45) is 0. The largest absolute Gasteiger partial charge is 0.381 e. The van der Waals surface area contributed by atoms with Crippen LogP contribution in [0.25, 0.3) is 0 Å². The third-order valence-corrected chi connectivity index (χ3v) is 1.64. The van der Waals surface area contributed by atoms with E-state index in [1.54, 1.807) is 6.07 Å². The maximum absolute atomic E-state index is 8.60. The van der Waals surface area contributed by atoms with Crippen molar-refractivity contribution in [3.05, 3.63) is 23.5 Å². The lowest BCUT2D eigenvalue weighted by Gasteiger charge is -2.11. The molecule has 1 heterocycles. The first-order valence-corrected chi connectivity index (χ1v) is 4.27. The fraction of sp³-hybridized carbons (Fsp3) is 0.400. The summed E-state index contributed by atoms with van der Waals surface area (Å²) in [6.45, 7) is 6.03. The van der Waals surface area contributed by atoms with Gasteiger partial charge in [-0.15, -0.1) is 0 Å². The molecule has 1 N–H and O–H groups in total. The molecule has 0 unspecified atom stereocenters. The van der Waals surface area contributed by atoms with E-state index >= 15 is 0 Å². The van der Waals surface area contributed by atoms with Crippen LogP contribution in [0.4, 0.5) is 5.69 Å². The lowest BCUT2D eigenvalue weighted by Crippen LogP contribution is -2.11. The SMILES string of the molecule is Cc1nc(C#N)ccc1NC(C)C. The number of anilines is 1. The first-order valence-electron chi connectivity index (χ1n) is 4.27. The average molecular weight is 175 g/mol. The predicted molar refractivity (Wildman–Crippen MR) is 52.4 cm³/mol. The molecule has 0 spiro atoms. The van der Waals surface area contributed by atoms with Crippen molar-refractivity contribution in [2.45, 2.75) is 26.8 Å². The third-order valence-electron chi connectivity index (χ3n) is 1.64. The van der Waals surface area contributed by atoms with E-state index in [-0.39, 0.29) is 0 Å². The first kappa shape index (κ1) is 9.53. The van der Waals surface area contributed by atoms with Crippen LogP contribution in [0.15, 0.2) is 12.1 Å². The summed E-state index contributed by atoms with van der Waals surface area (Å²) >= 11 is 0. The van der Waals surface area contributed by atoms with Crippen molar-refractivity contribution >= 4 is 5.69 Å². The molecule has 0 bridgehead atoms. The number of nitrogens with one attached hydrogen (secondary N) is 1. The standard InChI is InChI=1S/C10H13N3/c1-7(2)12-10-5-4-9(6-11)13-8(10)3/h4-5,7,12H,1-3H3. The minimum Gasteiger partial charge on any atom is -0.381 e. The molecular formula is C10H13N3. The lowest BCUT2D eigenvalue weighted by atomic mass is 10.2. The summed E-state index contributed by atoms with van der Waals surface area (Å²) in [4.78, 5) is 4.12. The molecule has 0 radical (unpaired) electrons. The molecule has 0 aromatic carbocycles. The summed E-state index contributed by atoms with van der Waals surface area (Å²) < 4.78 is 0. The van der Waals surface area contributed by atoms with Crippen molar-refractivity contribution in [1.29, 1.82) is 5.26 Å². The van der Waals surface area contributed by atoms with Gasteiger partial charge in [-0.3, -0.25) is 0 Å². The molecule has 1 aromatic rings. The highest BCUT2D eigenvalue weighted by atomic mass is 14.9. The van der Waals surface area contributed by atoms with Gasteiger partial charge < -0.3 is 5.32 Å². The van der Waals surface area contributed by atoms with E-state index in [1.807, 2.05) is 19.1 Å². The number of nitriles is 1. The van der Waals surface area contributed by atoms with E-state index in [1.165, 1.54) is 0 Å². The molecule has 68 valence electrons. The van der Waals surface area contributed by atoms with E-state index < -0.39 is 0 Å². The first-order chi connectivity index (χ1) is 6.13. The minimum absolute atomic E-state index is 0.383.